The van der Waals surface area contributed by atoms with Gasteiger partial charge in [-0.15, -0.1) is 0 Å². The topological polar surface area (TPSA) is 49.0 Å². The predicted octanol–water partition coefficient (Wildman–Crippen LogP) is 4.51. The molecule has 4 rings (SSSR count). The molecule has 0 spiro atoms. The van der Waals surface area contributed by atoms with Crippen LogP contribution in [0.3, 0.4) is 0 Å². The highest BCUT2D eigenvalue weighted by atomic mass is 16.2. The highest BCUT2D eigenvalue weighted by Crippen LogP contribution is 2.25. The zero-order valence-electron chi connectivity index (χ0n) is 13.8. The van der Waals surface area contributed by atoms with Gasteiger partial charge in [0.25, 0.3) is 5.91 Å². The summed E-state index contributed by atoms with van der Waals surface area (Å²) in [6.45, 7) is 0. The van der Waals surface area contributed by atoms with Crippen LogP contribution in [-0.4, -0.2) is 22.9 Å². The van der Waals surface area contributed by atoms with E-state index < -0.39 is 0 Å². The molecule has 0 radical (unpaired) electrons. The molecular formula is C21H17N3O. The van der Waals surface area contributed by atoms with E-state index in [9.17, 15) is 4.79 Å². The van der Waals surface area contributed by atoms with E-state index in [1.54, 1.807) is 18.3 Å². The van der Waals surface area contributed by atoms with Crippen LogP contribution >= 0.6 is 0 Å². The highest BCUT2D eigenvalue weighted by molar-refractivity contribution is 6.07. The number of H-pyrrole nitrogens is 1. The van der Waals surface area contributed by atoms with E-state index >= 15 is 0 Å². The Hall–Kier alpha value is -3.40. The van der Waals surface area contributed by atoms with Crippen LogP contribution in [0.2, 0.25) is 0 Å². The quantitative estimate of drug-likeness (QED) is 0.602. The van der Waals surface area contributed by atoms with Crippen molar-refractivity contribution in [2.75, 3.05) is 11.9 Å². The summed E-state index contributed by atoms with van der Waals surface area (Å²) >= 11 is 0. The van der Waals surface area contributed by atoms with E-state index in [2.05, 4.69) is 22.1 Å². The third-order valence-corrected chi connectivity index (χ3v) is 4.31. The molecule has 0 atom stereocenters. The van der Waals surface area contributed by atoms with E-state index in [-0.39, 0.29) is 5.91 Å². The molecule has 1 heterocycles. The zero-order valence-corrected chi connectivity index (χ0v) is 13.8. The number of hydrogen-bond donors (Lipinski definition) is 1. The molecule has 0 fully saturated rings. The monoisotopic (exact) mass is 327 g/mol. The number of hydrogen-bond acceptors (Lipinski definition) is 2. The molecule has 1 amide bonds. The summed E-state index contributed by atoms with van der Waals surface area (Å²) in [5.41, 5.74) is 5.41. The van der Waals surface area contributed by atoms with E-state index in [0.29, 0.717) is 5.56 Å². The lowest BCUT2D eigenvalue weighted by Gasteiger charge is -2.18. The maximum absolute atomic E-state index is 12.9. The molecule has 0 bridgehead atoms. The molecule has 1 N–H and O–H groups in total. The van der Waals surface area contributed by atoms with Gasteiger partial charge < -0.3 is 9.88 Å². The molecule has 4 aromatic rings. The molecule has 0 aliphatic heterocycles. The van der Waals surface area contributed by atoms with Gasteiger partial charge in [0, 0.05) is 18.3 Å². The first-order valence-electron chi connectivity index (χ1n) is 8.09. The third kappa shape index (κ3) is 2.90. The third-order valence-electron chi connectivity index (χ3n) is 4.31. The van der Waals surface area contributed by atoms with Gasteiger partial charge >= 0.3 is 0 Å². The van der Waals surface area contributed by atoms with Crippen LogP contribution < -0.4 is 4.90 Å². The molecule has 4 nitrogen and oxygen atoms in total. The maximum atomic E-state index is 12.9. The van der Waals surface area contributed by atoms with Crippen LogP contribution in [0.25, 0.3) is 22.2 Å². The van der Waals surface area contributed by atoms with Crippen LogP contribution in [0, 0.1) is 0 Å². The Labute approximate surface area is 145 Å². The second kappa shape index (κ2) is 6.24. The van der Waals surface area contributed by atoms with Gasteiger partial charge in [0.2, 0.25) is 0 Å². The maximum Gasteiger partial charge on any atom is 0.258 e. The van der Waals surface area contributed by atoms with E-state index in [0.717, 1.165) is 27.8 Å². The molecule has 0 aliphatic carbocycles. The summed E-state index contributed by atoms with van der Waals surface area (Å²) in [5, 5.41) is 0. The van der Waals surface area contributed by atoms with Crippen LogP contribution in [-0.2, 0) is 0 Å². The number of rotatable bonds is 3. The Morgan fingerprint density at radius 3 is 2.56 bits per heavy atom. The second-order valence-electron chi connectivity index (χ2n) is 5.91. The van der Waals surface area contributed by atoms with Crippen molar-refractivity contribution in [1.29, 1.82) is 0 Å². The normalized spacial score (nSPS) is 10.8. The number of nitrogens with one attached hydrogen (secondary N) is 1. The van der Waals surface area contributed by atoms with E-state index in [4.69, 9.17) is 0 Å². The minimum absolute atomic E-state index is 0.0540. The molecular weight excluding hydrogens is 310 g/mol. The molecule has 0 saturated heterocycles. The summed E-state index contributed by atoms with van der Waals surface area (Å²) in [7, 11) is 1.80. The number of imidazole rings is 1. The number of anilines is 1. The lowest BCUT2D eigenvalue weighted by atomic mass is 10.0. The van der Waals surface area contributed by atoms with Crippen molar-refractivity contribution in [3.05, 3.63) is 84.7 Å². The van der Waals surface area contributed by atoms with Gasteiger partial charge in [-0.1, -0.05) is 42.5 Å². The van der Waals surface area contributed by atoms with Crippen molar-refractivity contribution in [2.24, 2.45) is 0 Å². The first-order chi connectivity index (χ1) is 12.2. The lowest BCUT2D eigenvalue weighted by Crippen LogP contribution is -2.26. The van der Waals surface area contributed by atoms with Gasteiger partial charge in [0.05, 0.1) is 17.4 Å². The Kier molecular flexibility index (Phi) is 3.78. The standard InChI is InChI=1S/C21H17N3O/c1-24(21(25)17-10-11-19-20(13-17)23-14-22-19)18-9-5-8-16(12-18)15-6-3-2-4-7-15/h2-14H,1H3,(H,22,23). The number of nitrogens with zero attached hydrogens (tertiary/aromatic N) is 2. The lowest BCUT2D eigenvalue weighted by molar-refractivity contribution is 0.0993. The average Bonchev–Trinajstić information content (AvgIpc) is 3.15. The molecule has 4 heteroatoms. The zero-order chi connectivity index (χ0) is 17.2. The van der Waals surface area contributed by atoms with Crippen molar-refractivity contribution in [3.8, 4) is 11.1 Å². The Morgan fingerprint density at radius 2 is 1.72 bits per heavy atom. The average molecular weight is 327 g/mol. The Bertz CT molecular complexity index is 1040. The summed E-state index contributed by atoms with van der Waals surface area (Å²) < 4.78 is 0. The molecule has 25 heavy (non-hydrogen) atoms. The van der Waals surface area contributed by atoms with Crippen molar-refractivity contribution in [2.45, 2.75) is 0 Å². The molecule has 122 valence electrons. The number of fused-ring (bicyclic) bond motifs is 1. The molecule has 0 aliphatic rings. The first-order valence-corrected chi connectivity index (χ1v) is 8.09. The summed E-state index contributed by atoms with van der Waals surface area (Å²) in [5.74, 6) is -0.0540. The van der Waals surface area contributed by atoms with Crippen molar-refractivity contribution in [3.63, 3.8) is 0 Å². The van der Waals surface area contributed by atoms with E-state index in [1.807, 2.05) is 60.7 Å². The van der Waals surface area contributed by atoms with Crippen molar-refractivity contribution < 1.29 is 4.79 Å². The number of carbonyl (C=O) groups is 1. The van der Waals surface area contributed by atoms with Crippen LogP contribution in [0.15, 0.2) is 79.1 Å². The summed E-state index contributed by atoms with van der Waals surface area (Å²) in [4.78, 5) is 21.7. The first kappa shape index (κ1) is 15.1. The van der Waals surface area contributed by atoms with Gasteiger partial charge in [0.1, 0.15) is 0 Å². The fourth-order valence-corrected chi connectivity index (χ4v) is 2.90. The van der Waals surface area contributed by atoms with Crippen molar-refractivity contribution >= 4 is 22.6 Å². The fraction of sp³-hybridized carbons (Fsp3) is 0.0476. The van der Waals surface area contributed by atoms with Crippen LogP contribution in [0.5, 0.6) is 0 Å². The molecule has 1 aromatic heterocycles. The largest absolute Gasteiger partial charge is 0.345 e. The SMILES string of the molecule is CN(C(=O)c1ccc2nc[nH]c2c1)c1cccc(-c2ccccc2)c1. The van der Waals surface area contributed by atoms with Crippen LogP contribution in [0.1, 0.15) is 10.4 Å². The number of carbonyl (C=O) groups excluding carboxylic acids is 1. The number of aromatic amines is 1. The summed E-state index contributed by atoms with van der Waals surface area (Å²) in [6, 6.07) is 23.6. The number of benzene rings is 3. The molecule has 3 aromatic carbocycles. The molecule has 0 unspecified atom stereocenters. The van der Waals surface area contributed by atoms with Gasteiger partial charge in [-0.3, -0.25) is 4.79 Å². The minimum Gasteiger partial charge on any atom is -0.345 e. The minimum atomic E-state index is -0.0540. The Morgan fingerprint density at radius 1 is 0.920 bits per heavy atom. The van der Waals surface area contributed by atoms with Gasteiger partial charge in [-0.2, -0.15) is 0 Å². The van der Waals surface area contributed by atoms with Crippen LogP contribution in [0.4, 0.5) is 5.69 Å². The Balaban J connectivity index is 1.66. The van der Waals surface area contributed by atoms with Gasteiger partial charge in [-0.25, -0.2) is 4.98 Å². The van der Waals surface area contributed by atoms with E-state index in [1.165, 1.54) is 0 Å². The second-order valence-corrected chi connectivity index (χ2v) is 5.91. The van der Waals surface area contributed by atoms with Gasteiger partial charge in [0.15, 0.2) is 0 Å². The fourth-order valence-electron chi connectivity index (χ4n) is 2.90. The smallest absolute Gasteiger partial charge is 0.258 e. The van der Waals surface area contributed by atoms with Gasteiger partial charge in [-0.05, 0) is 41.5 Å². The number of amides is 1. The number of aromatic nitrogens is 2. The predicted molar refractivity (Wildman–Crippen MR) is 101 cm³/mol. The molecule has 0 saturated carbocycles. The summed E-state index contributed by atoms with van der Waals surface area (Å²) in [6.07, 6.45) is 1.63. The highest BCUT2D eigenvalue weighted by Gasteiger charge is 2.15. The van der Waals surface area contributed by atoms with Crippen molar-refractivity contribution in [1.82, 2.24) is 9.97 Å².